The summed E-state index contributed by atoms with van der Waals surface area (Å²) in [7, 11) is 0. The maximum atomic E-state index is 11.9. The molecule has 0 unspecified atom stereocenters. The third-order valence-corrected chi connectivity index (χ3v) is 3.42. The van der Waals surface area contributed by atoms with Gasteiger partial charge in [0, 0.05) is 5.38 Å². The molecule has 7 nitrogen and oxygen atoms in total. The number of rotatable bonds is 4. The monoisotopic (exact) mass is 314 g/mol. The van der Waals surface area contributed by atoms with E-state index in [4.69, 9.17) is 10.6 Å². The van der Waals surface area contributed by atoms with Crippen LogP contribution in [0.3, 0.4) is 0 Å². The van der Waals surface area contributed by atoms with Gasteiger partial charge in [0.2, 0.25) is 0 Å². The third-order valence-electron chi connectivity index (χ3n) is 2.49. The highest BCUT2D eigenvalue weighted by molar-refractivity contribution is 7.09. The summed E-state index contributed by atoms with van der Waals surface area (Å²) in [6, 6.07) is -0.329. The number of nitrogens with two attached hydrogens (primary N) is 1. The highest BCUT2D eigenvalue weighted by Gasteiger charge is 2.25. The molecule has 0 aromatic carbocycles. The number of ether oxygens (including phenoxy) is 1. The molecular weight excluding hydrogens is 292 g/mol. The molecule has 1 aromatic rings. The fourth-order valence-corrected chi connectivity index (χ4v) is 2.58. The molecule has 0 saturated heterocycles. The van der Waals surface area contributed by atoms with Crippen molar-refractivity contribution in [1.82, 2.24) is 15.7 Å². The lowest BCUT2D eigenvalue weighted by molar-refractivity contribution is 0.0489. The summed E-state index contributed by atoms with van der Waals surface area (Å²) in [5.74, 6) is 4.71. The average molecular weight is 314 g/mol. The summed E-state index contributed by atoms with van der Waals surface area (Å²) in [6.45, 7) is 9.29. The van der Waals surface area contributed by atoms with Crippen molar-refractivity contribution in [2.24, 2.45) is 11.8 Å². The Morgan fingerprint density at radius 2 is 2.00 bits per heavy atom. The van der Waals surface area contributed by atoms with Gasteiger partial charge in [0.1, 0.15) is 16.3 Å². The largest absolute Gasteiger partial charge is 0.444 e. The highest BCUT2D eigenvalue weighted by Crippen LogP contribution is 2.25. The summed E-state index contributed by atoms with van der Waals surface area (Å²) >= 11 is 1.29. The van der Waals surface area contributed by atoms with E-state index < -0.39 is 17.6 Å². The molecule has 1 aromatic heterocycles. The van der Waals surface area contributed by atoms with E-state index in [0.29, 0.717) is 5.01 Å². The van der Waals surface area contributed by atoms with Gasteiger partial charge in [0.25, 0.3) is 5.91 Å². The van der Waals surface area contributed by atoms with Gasteiger partial charge in [-0.2, -0.15) is 0 Å². The average Bonchev–Trinajstić information content (AvgIpc) is 2.81. The van der Waals surface area contributed by atoms with Gasteiger partial charge in [-0.15, -0.1) is 11.3 Å². The smallest absolute Gasteiger partial charge is 0.408 e. The second-order valence-electron chi connectivity index (χ2n) is 5.91. The number of carbonyl (C=O) groups is 2. The number of nitrogens with one attached hydrogen (secondary N) is 2. The fraction of sp³-hybridized carbons (Fsp3) is 0.615. The number of alkyl carbamates (subject to hydrolysis) is 1. The van der Waals surface area contributed by atoms with E-state index in [1.807, 2.05) is 19.3 Å². The lowest BCUT2D eigenvalue weighted by Crippen LogP contribution is -2.37. The van der Waals surface area contributed by atoms with Crippen LogP contribution < -0.4 is 16.6 Å². The van der Waals surface area contributed by atoms with Gasteiger partial charge in [0.15, 0.2) is 0 Å². The topological polar surface area (TPSA) is 106 Å². The maximum absolute atomic E-state index is 11.9. The van der Waals surface area contributed by atoms with Crippen LogP contribution in [0.15, 0.2) is 5.38 Å². The van der Waals surface area contributed by atoms with Gasteiger partial charge in [-0.25, -0.2) is 15.6 Å². The number of nitrogen functional groups attached to an aromatic ring is 1. The minimum absolute atomic E-state index is 0.0949. The Kier molecular flexibility index (Phi) is 5.68. The standard InChI is InChI=1S/C13H22N4O3S/c1-7(2)9(16-12(19)20-13(3,4)5)11-15-8(6-21-11)10(18)17-14/h6-7,9H,14H2,1-5H3,(H,16,19)(H,17,18)/t9-/m0/s1. The molecule has 0 spiro atoms. The highest BCUT2D eigenvalue weighted by atomic mass is 32.1. The first-order chi connectivity index (χ1) is 9.64. The zero-order valence-electron chi connectivity index (χ0n) is 12.9. The number of hydrogen-bond donors (Lipinski definition) is 3. The molecule has 0 saturated carbocycles. The lowest BCUT2D eigenvalue weighted by Gasteiger charge is -2.24. The Balaban J connectivity index is 2.85. The zero-order chi connectivity index (χ0) is 16.2. The fourth-order valence-electron chi connectivity index (χ4n) is 1.56. The molecule has 8 heteroatoms. The maximum Gasteiger partial charge on any atom is 0.408 e. The number of hydrogen-bond acceptors (Lipinski definition) is 6. The van der Waals surface area contributed by atoms with Crippen LogP contribution in [-0.4, -0.2) is 22.6 Å². The van der Waals surface area contributed by atoms with Crippen LogP contribution in [0.4, 0.5) is 4.79 Å². The number of nitrogens with zero attached hydrogens (tertiary/aromatic N) is 1. The Hall–Kier alpha value is -1.67. The Morgan fingerprint density at radius 1 is 1.38 bits per heavy atom. The van der Waals surface area contributed by atoms with Gasteiger partial charge in [-0.3, -0.25) is 10.2 Å². The molecule has 1 atom stereocenters. The summed E-state index contributed by atoms with van der Waals surface area (Å²) in [5.41, 5.74) is 1.69. The zero-order valence-corrected chi connectivity index (χ0v) is 13.7. The number of hydrazine groups is 1. The molecule has 0 aliphatic carbocycles. The molecule has 2 amide bonds. The van der Waals surface area contributed by atoms with Crippen LogP contribution in [0.5, 0.6) is 0 Å². The van der Waals surface area contributed by atoms with Crippen molar-refractivity contribution in [3.8, 4) is 0 Å². The van der Waals surface area contributed by atoms with Crippen molar-refractivity contribution in [3.63, 3.8) is 0 Å². The van der Waals surface area contributed by atoms with Crippen molar-refractivity contribution >= 4 is 23.3 Å². The molecule has 0 fully saturated rings. The minimum Gasteiger partial charge on any atom is -0.444 e. The first kappa shape index (κ1) is 17.4. The van der Waals surface area contributed by atoms with Crippen molar-refractivity contribution in [1.29, 1.82) is 0 Å². The molecule has 1 rings (SSSR count). The van der Waals surface area contributed by atoms with Gasteiger partial charge in [0.05, 0.1) is 6.04 Å². The molecule has 4 N–H and O–H groups in total. The van der Waals surface area contributed by atoms with E-state index >= 15 is 0 Å². The normalized spacial score (nSPS) is 12.9. The molecule has 0 radical (unpaired) electrons. The van der Waals surface area contributed by atoms with E-state index in [1.54, 1.807) is 26.2 Å². The van der Waals surface area contributed by atoms with E-state index in [9.17, 15) is 9.59 Å². The predicted octanol–water partition coefficient (Wildman–Crippen LogP) is 1.97. The first-order valence-electron chi connectivity index (χ1n) is 6.60. The molecule has 118 valence electrons. The molecule has 0 aliphatic heterocycles. The second kappa shape index (κ2) is 6.86. The van der Waals surface area contributed by atoms with Crippen molar-refractivity contribution < 1.29 is 14.3 Å². The van der Waals surface area contributed by atoms with E-state index in [-0.39, 0.29) is 17.7 Å². The summed E-state index contributed by atoms with van der Waals surface area (Å²) in [5, 5.41) is 5.02. The Labute approximate surface area is 128 Å². The summed E-state index contributed by atoms with van der Waals surface area (Å²) in [6.07, 6.45) is -0.513. The van der Waals surface area contributed by atoms with Crippen LogP contribution >= 0.6 is 11.3 Å². The summed E-state index contributed by atoms with van der Waals surface area (Å²) in [4.78, 5) is 27.5. The van der Waals surface area contributed by atoms with Gasteiger partial charge in [-0.05, 0) is 26.7 Å². The van der Waals surface area contributed by atoms with Gasteiger partial charge in [-0.1, -0.05) is 13.8 Å². The third kappa shape index (κ3) is 5.31. The van der Waals surface area contributed by atoms with Crippen LogP contribution in [0, 0.1) is 5.92 Å². The lowest BCUT2D eigenvalue weighted by atomic mass is 10.1. The van der Waals surface area contributed by atoms with E-state index in [0.717, 1.165) is 0 Å². The molecule has 1 heterocycles. The minimum atomic E-state index is -0.570. The molecule has 0 aliphatic rings. The van der Waals surface area contributed by atoms with Crippen molar-refractivity contribution in [2.75, 3.05) is 0 Å². The van der Waals surface area contributed by atoms with Crippen LogP contribution in [0.2, 0.25) is 0 Å². The Morgan fingerprint density at radius 3 is 2.48 bits per heavy atom. The van der Waals surface area contributed by atoms with Crippen LogP contribution in [-0.2, 0) is 4.74 Å². The molecular formula is C13H22N4O3S. The molecule has 0 bridgehead atoms. The van der Waals surface area contributed by atoms with Crippen molar-refractivity contribution in [2.45, 2.75) is 46.3 Å². The number of aromatic nitrogens is 1. The predicted molar refractivity (Wildman–Crippen MR) is 80.7 cm³/mol. The first-order valence-corrected chi connectivity index (χ1v) is 7.48. The van der Waals surface area contributed by atoms with E-state index in [1.165, 1.54) is 11.3 Å². The SMILES string of the molecule is CC(C)[C@H](NC(=O)OC(C)(C)C)c1nc(C(=O)NN)cs1. The number of amides is 2. The van der Waals surface area contributed by atoms with Crippen LogP contribution in [0.1, 0.15) is 56.2 Å². The number of thiazole rings is 1. The van der Waals surface area contributed by atoms with Gasteiger partial charge < -0.3 is 10.1 Å². The number of carbonyl (C=O) groups excluding carboxylic acids is 2. The van der Waals surface area contributed by atoms with Crippen LogP contribution in [0.25, 0.3) is 0 Å². The summed E-state index contributed by atoms with van der Waals surface area (Å²) < 4.78 is 5.24. The second-order valence-corrected chi connectivity index (χ2v) is 6.80. The quantitative estimate of drug-likeness (QED) is 0.447. The Bertz CT molecular complexity index is 508. The van der Waals surface area contributed by atoms with Crippen molar-refractivity contribution in [3.05, 3.63) is 16.1 Å². The van der Waals surface area contributed by atoms with E-state index in [2.05, 4.69) is 10.3 Å². The van der Waals surface area contributed by atoms with Gasteiger partial charge >= 0.3 is 6.09 Å². The molecule has 21 heavy (non-hydrogen) atoms.